The summed E-state index contributed by atoms with van der Waals surface area (Å²) >= 11 is 0. The standard InChI is InChI=1S/C13H15N3O3.C6H5N3/c1-13(2,3)9-6-8(12(18)19)7-10(11(9)17)16-14-4-5-15-16;1-2-4-6-5(3-1)7-9-8-6/h4-7,17H,1-3H3,(H,18,19);1-4H,(H,7,8,9). The van der Waals surface area contributed by atoms with Gasteiger partial charge in [0.2, 0.25) is 0 Å². The highest BCUT2D eigenvalue weighted by Crippen LogP contribution is 2.35. The molecule has 0 spiro atoms. The Bertz CT molecular complexity index is 1070. The number of carboxylic acid groups (broad SMARTS) is 1. The topological polar surface area (TPSA) is 130 Å². The van der Waals surface area contributed by atoms with Crippen molar-refractivity contribution in [3.05, 3.63) is 59.9 Å². The third kappa shape index (κ3) is 3.98. The number of aromatic hydroxyl groups is 1. The van der Waals surface area contributed by atoms with Crippen LogP contribution in [0.3, 0.4) is 0 Å². The maximum absolute atomic E-state index is 11.2. The smallest absolute Gasteiger partial charge is 0.335 e. The van der Waals surface area contributed by atoms with Crippen LogP contribution in [0, 0.1) is 0 Å². The second kappa shape index (κ2) is 7.47. The van der Waals surface area contributed by atoms with E-state index in [2.05, 4.69) is 25.6 Å². The number of aromatic carboxylic acids is 1. The first-order valence-electron chi connectivity index (χ1n) is 8.50. The highest BCUT2D eigenvalue weighted by molar-refractivity contribution is 5.89. The number of hydrogen-bond donors (Lipinski definition) is 3. The Morgan fingerprint density at radius 1 is 1.11 bits per heavy atom. The molecule has 0 bridgehead atoms. The molecule has 0 amide bonds. The molecule has 2 heterocycles. The van der Waals surface area contributed by atoms with Crippen LogP contribution in [0.1, 0.15) is 36.7 Å². The van der Waals surface area contributed by atoms with Gasteiger partial charge in [-0.25, -0.2) is 4.79 Å². The Kier molecular flexibility index (Phi) is 5.08. The lowest BCUT2D eigenvalue weighted by Crippen LogP contribution is -2.15. The number of carboxylic acids is 1. The molecule has 0 saturated heterocycles. The molecule has 2 aromatic carbocycles. The molecule has 4 rings (SSSR count). The minimum absolute atomic E-state index is 0.00583. The van der Waals surface area contributed by atoms with Crippen LogP contribution in [0.5, 0.6) is 5.75 Å². The van der Waals surface area contributed by atoms with Gasteiger partial charge in [-0.1, -0.05) is 38.1 Å². The number of para-hydroxylation sites is 1. The summed E-state index contributed by atoms with van der Waals surface area (Å²) in [5, 5.41) is 37.5. The van der Waals surface area contributed by atoms with Gasteiger partial charge in [-0.3, -0.25) is 5.10 Å². The highest BCUT2D eigenvalue weighted by atomic mass is 16.4. The quantitative estimate of drug-likeness (QED) is 0.487. The number of rotatable bonds is 2. The van der Waals surface area contributed by atoms with Crippen LogP contribution < -0.4 is 0 Å². The van der Waals surface area contributed by atoms with E-state index in [1.54, 1.807) is 0 Å². The van der Waals surface area contributed by atoms with Crippen molar-refractivity contribution in [2.75, 3.05) is 0 Å². The molecule has 0 atom stereocenters. The summed E-state index contributed by atoms with van der Waals surface area (Å²) in [6, 6.07) is 10.6. The monoisotopic (exact) mass is 380 g/mol. The molecule has 9 nitrogen and oxygen atoms in total. The molecule has 3 N–H and O–H groups in total. The molecule has 4 aromatic rings. The number of nitrogens with one attached hydrogen (secondary N) is 1. The molecule has 0 unspecified atom stereocenters. The van der Waals surface area contributed by atoms with Gasteiger partial charge in [0.1, 0.15) is 17.0 Å². The first kappa shape index (κ1) is 19.0. The molecule has 0 fully saturated rings. The second-order valence-corrected chi connectivity index (χ2v) is 7.09. The molecule has 0 saturated carbocycles. The van der Waals surface area contributed by atoms with Crippen LogP contribution >= 0.6 is 0 Å². The Labute approximate surface area is 160 Å². The molecular formula is C19H20N6O3. The summed E-state index contributed by atoms with van der Waals surface area (Å²) in [5.74, 6) is -1.06. The maximum Gasteiger partial charge on any atom is 0.335 e. The van der Waals surface area contributed by atoms with Crippen molar-refractivity contribution < 1.29 is 15.0 Å². The largest absolute Gasteiger partial charge is 0.505 e. The number of fused-ring (bicyclic) bond motifs is 1. The Morgan fingerprint density at radius 2 is 1.79 bits per heavy atom. The Balaban J connectivity index is 0.000000206. The molecule has 9 heteroatoms. The summed E-state index contributed by atoms with van der Waals surface area (Å²) in [7, 11) is 0. The lowest BCUT2D eigenvalue weighted by molar-refractivity contribution is 0.0696. The van der Waals surface area contributed by atoms with Crippen molar-refractivity contribution in [2.24, 2.45) is 0 Å². The molecule has 0 aliphatic carbocycles. The predicted molar refractivity (Wildman–Crippen MR) is 103 cm³/mol. The fourth-order valence-corrected chi connectivity index (χ4v) is 2.60. The van der Waals surface area contributed by atoms with Gasteiger partial charge in [0, 0.05) is 5.56 Å². The van der Waals surface area contributed by atoms with Crippen LogP contribution in [0.15, 0.2) is 48.8 Å². The number of hydrogen-bond acceptors (Lipinski definition) is 6. The van der Waals surface area contributed by atoms with Crippen molar-refractivity contribution in [3.8, 4) is 11.4 Å². The molecule has 0 radical (unpaired) electrons. The zero-order valence-corrected chi connectivity index (χ0v) is 15.7. The van der Waals surface area contributed by atoms with Crippen molar-refractivity contribution in [1.82, 2.24) is 30.4 Å². The van der Waals surface area contributed by atoms with E-state index >= 15 is 0 Å². The molecule has 2 aromatic heterocycles. The van der Waals surface area contributed by atoms with Crippen LogP contribution in [-0.4, -0.2) is 46.6 Å². The summed E-state index contributed by atoms with van der Waals surface area (Å²) in [6.45, 7) is 5.69. The minimum Gasteiger partial charge on any atom is -0.505 e. The molecule has 28 heavy (non-hydrogen) atoms. The number of phenolic OH excluding ortho intramolecular Hbond substituents is 1. The van der Waals surface area contributed by atoms with Gasteiger partial charge in [0.15, 0.2) is 0 Å². The molecule has 144 valence electrons. The fraction of sp³-hybridized carbons (Fsp3) is 0.211. The van der Waals surface area contributed by atoms with Crippen LogP contribution in [0.4, 0.5) is 0 Å². The van der Waals surface area contributed by atoms with Gasteiger partial charge in [0.05, 0.1) is 23.5 Å². The third-order valence-corrected chi connectivity index (χ3v) is 4.01. The summed E-state index contributed by atoms with van der Waals surface area (Å²) < 4.78 is 0. The van der Waals surface area contributed by atoms with Crippen molar-refractivity contribution in [2.45, 2.75) is 26.2 Å². The maximum atomic E-state index is 11.2. The first-order chi connectivity index (χ1) is 13.3. The summed E-state index contributed by atoms with van der Waals surface area (Å²) in [5.41, 5.74) is 2.40. The zero-order valence-electron chi connectivity index (χ0n) is 15.7. The van der Waals surface area contributed by atoms with E-state index in [4.69, 9.17) is 5.11 Å². The van der Waals surface area contributed by atoms with Crippen molar-refractivity contribution in [1.29, 1.82) is 0 Å². The fourth-order valence-electron chi connectivity index (χ4n) is 2.60. The van der Waals surface area contributed by atoms with Gasteiger partial charge < -0.3 is 10.2 Å². The van der Waals surface area contributed by atoms with Crippen molar-refractivity contribution >= 4 is 17.0 Å². The minimum atomic E-state index is -1.06. The van der Waals surface area contributed by atoms with Crippen LogP contribution in [-0.2, 0) is 5.41 Å². The summed E-state index contributed by atoms with van der Waals surface area (Å²) in [6.07, 6.45) is 2.92. The van der Waals surface area contributed by atoms with E-state index in [9.17, 15) is 9.90 Å². The number of H-pyrrole nitrogens is 1. The van der Waals surface area contributed by atoms with E-state index in [1.165, 1.54) is 29.3 Å². The van der Waals surface area contributed by atoms with E-state index in [1.807, 2.05) is 45.0 Å². The number of nitrogens with zero attached hydrogens (tertiary/aromatic N) is 5. The van der Waals surface area contributed by atoms with Crippen molar-refractivity contribution in [3.63, 3.8) is 0 Å². The first-order valence-corrected chi connectivity index (χ1v) is 8.50. The summed E-state index contributed by atoms with van der Waals surface area (Å²) in [4.78, 5) is 12.4. The van der Waals surface area contributed by atoms with Gasteiger partial charge in [-0.2, -0.15) is 10.2 Å². The number of aromatic amines is 1. The number of phenols is 1. The second-order valence-electron chi connectivity index (χ2n) is 7.09. The molecule has 0 aliphatic rings. The highest BCUT2D eigenvalue weighted by Gasteiger charge is 2.24. The zero-order chi connectivity index (χ0) is 20.3. The van der Waals surface area contributed by atoms with Crippen LogP contribution in [0.2, 0.25) is 0 Å². The van der Waals surface area contributed by atoms with E-state index in [0.29, 0.717) is 5.56 Å². The lowest BCUT2D eigenvalue weighted by Gasteiger charge is -2.22. The van der Waals surface area contributed by atoms with Crippen LogP contribution in [0.25, 0.3) is 16.7 Å². The third-order valence-electron chi connectivity index (χ3n) is 4.01. The number of carbonyl (C=O) groups is 1. The van der Waals surface area contributed by atoms with Gasteiger partial charge in [-0.05, 0) is 29.7 Å². The average Bonchev–Trinajstić information content (AvgIpc) is 3.33. The molecular weight excluding hydrogens is 360 g/mol. The van der Waals surface area contributed by atoms with E-state index in [0.717, 1.165) is 11.0 Å². The SMILES string of the molecule is CC(C)(C)c1cc(C(=O)O)cc(-n2nccn2)c1O.c1ccc2[nH]nnc2c1. The average molecular weight is 380 g/mol. The van der Waals surface area contributed by atoms with E-state index < -0.39 is 11.4 Å². The Morgan fingerprint density at radius 3 is 2.39 bits per heavy atom. The molecule has 0 aliphatic heterocycles. The number of benzene rings is 2. The van der Waals surface area contributed by atoms with E-state index in [-0.39, 0.29) is 17.0 Å². The predicted octanol–water partition coefficient (Wildman–Crippen LogP) is 2.93. The van der Waals surface area contributed by atoms with Gasteiger partial charge >= 0.3 is 5.97 Å². The number of aromatic nitrogens is 6. The van der Waals surface area contributed by atoms with Gasteiger partial charge in [0.25, 0.3) is 0 Å². The van der Waals surface area contributed by atoms with Gasteiger partial charge in [-0.15, -0.1) is 9.90 Å². The normalized spacial score (nSPS) is 11.1. The Hall–Kier alpha value is -3.75. The lowest BCUT2D eigenvalue weighted by atomic mass is 9.85.